The first-order valence-electron chi connectivity index (χ1n) is 18.2. The predicted molar refractivity (Wildman–Crippen MR) is 210 cm³/mol. The lowest BCUT2D eigenvalue weighted by Gasteiger charge is -2.37. The van der Waals surface area contributed by atoms with Crippen molar-refractivity contribution in [2.45, 2.75) is 105 Å². The molecule has 1 heterocycles. The Hall–Kier alpha value is -4.17. The maximum Gasteiger partial charge on any atom is 0.0861 e. The largest absolute Gasteiger partial charge is 0.381 e. The van der Waals surface area contributed by atoms with Crippen LogP contribution in [-0.4, -0.2) is 12.3 Å². The van der Waals surface area contributed by atoms with E-state index in [2.05, 4.69) is 151 Å². The maximum absolute atomic E-state index is 5.17. The van der Waals surface area contributed by atoms with Gasteiger partial charge in [-0.1, -0.05) is 161 Å². The van der Waals surface area contributed by atoms with Gasteiger partial charge in [0.2, 0.25) is 0 Å². The lowest BCUT2D eigenvalue weighted by Crippen LogP contribution is -2.40. The number of fused-ring (bicyclic) bond motifs is 4. The van der Waals surface area contributed by atoms with E-state index in [4.69, 9.17) is 4.99 Å². The van der Waals surface area contributed by atoms with Crippen molar-refractivity contribution in [3.63, 3.8) is 0 Å². The highest BCUT2D eigenvalue weighted by molar-refractivity contribution is 6.08. The Kier molecular flexibility index (Phi) is 8.69. The summed E-state index contributed by atoms with van der Waals surface area (Å²) in [5.41, 5.74) is 14.9. The van der Waals surface area contributed by atoms with Crippen LogP contribution in [0.25, 0.3) is 33.2 Å². The molecule has 2 unspecified atom stereocenters. The number of hydrogen-bond acceptors (Lipinski definition) is 2. The Morgan fingerprint density at radius 1 is 0.708 bits per heavy atom. The van der Waals surface area contributed by atoms with Crippen LogP contribution in [-0.2, 0) is 16.2 Å². The van der Waals surface area contributed by atoms with Crippen LogP contribution in [0.2, 0.25) is 0 Å². The van der Waals surface area contributed by atoms with E-state index in [0.29, 0.717) is 5.92 Å². The second-order valence-electron chi connectivity index (χ2n) is 15.3. The molecule has 0 amide bonds. The number of aliphatic imine (C=N–C) groups is 1. The molecule has 1 aliphatic heterocycles. The fraction of sp³-hybridized carbons (Fsp3) is 0.370. The van der Waals surface area contributed by atoms with Gasteiger partial charge in [-0.2, -0.15) is 0 Å². The van der Waals surface area contributed by atoms with Gasteiger partial charge in [0, 0.05) is 34.7 Å². The van der Waals surface area contributed by atoms with Crippen LogP contribution in [0, 0.1) is 5.92 Å². The van der Waals surface area contributed by atoms with Gasteiger partial charge in [-0.05, 0) is 72.7 Å². The van der Waals surface area contributed by atoms with Crippen molar-refractivity contribution >= 4 is 28.3 Å². The van der Waals surface area contributed by atoms with Crippen molar-refractivity contribution in [3.8, 4) is 11.1 Å². The number of benzene rings is 4. The van der Waals surface area contributed by atoms with E-state index in [1.54, 1.807) is 5.57 Å². The molecule has 3 aliphatic carbocycles. The molecule has 0 fully saturated rings. The van der Waals surface area contributed by atoms with Gasteiger partial charge in [0.1, 0.15) is 0 Å². The molecule has 0 radical (unpaired) electrons. The number of hydrogen-bond donors (Lipinski definition) is 1. The molecule has 0 bridgehead atoms. The number of nitrogens with one attached hydrogen (secondary N) is 1. The van der Waals surface area contributed by atoms with Crippen molar-refractivity contribution in [2.75, 3.05) is 0 Å². The topological polar surface area (TPSA) is 24.4 Å². The summed E-state index contributed by atoms with van der Waals surface area (Å²) in [5.74, 6) is 0.352. The summed E-state index contributed by atoms with van der Waals surface area (Å²) in [6.07, 6.45) is 10.1. The second-order valence-corrected chi connectivity index (χ2v) is 15.3. The highest BCUT2D eigenvalue weighted by Gasteiger charge is 2.44. The van der Waals surface area contributed by atoms with Gasteiger partial charge in [0.15, 0.2) is 0 Å². The van der Waals surface area contributed by atoms with Crippen molar-refractivity contribution < 1.29 is 0 Å². The summed E-state index contributed by atoms with van der Waals surface area (Å²) in [4.78, 5) is 5.17. The third-order valence-electron chi connectivity index (χ3n) is 11.0. The highest BCUT2D eigenvalue weighted by atomic mass is 15.0. The molecule has 2 heteroatoms. The van der Waals surface area contributed by atoms with Crippen LogP contribution < -0.4 is 5.32 Å². The van der Waals surface area contributed by atoms with Gasteiger partial charge in [-0.25, -0.2) is 0 Å². The molecule has 4 aliphatic rings. The minimum atomic E-state index is -0.0610. The molecule has 4 aromatic rings. The molecule has 8 rings (SSSR count). The van der Waals surface area contributed by atoms with Gasteiger partial charge in [0.25, 0.3) is 0 Å². The van der Waals surface area contributed by atoms with Gasteiger partial charge < -0.3 is 5.32 Å². The van der Waals surface area contributed by atoms with E-state index in [-0.39, 0.29) is 22.3 Å². The molecule has 2 atom stereocenters. The average molecular weight is 635 g/mol. The first kappa shape index (κ1) is 33.7. The summed E-state index contributed by atoms with van der Waals surface area (Å²) in [6, 6.07) is 27.6. The monoisotopic (exact) mass is 634 g/mol. The fourth-order valence-electron chi connectivity index (χ4n) is 8.58. The molecule has 48 heavy (non-hydrogen) atoms. The SMILES string of the molecule is CC.CC.CC(C)(C)c1ccc2c(c1)C(C)(C)C1=C2C=CCC1C1C=NC(c2ccc3c4c(cccc24)C(C)(C)c2ccccc2-3)=CN1. The highest BCUT2D eigenvalue weighted by Crippen LogP contribution is 2.54. The normalized spacial score (nSPS) is 20.7. The Balaban J connectivity index is 0.000000969. The Bertz CT molecular complexity index is 2000. The predicted octanol–water partition coefficient (Wildman–Crippen LogP) is 12.2. The molecule has 0 aromatic heterocycles. The standard InChI is InChI=1S/C42H42N2.2C2H6/c1-40(2,3)25-18-19-27-31-14-10-15-32(39(31)42(6,7)35(27)22-25)37-24-43-36(23-44-37)28-20-21-30-26-12-8-9-16-33(26)41(4,5)34-17-11-13-29(28)38(30)34;2*1-2/h8-14,16-24,32,37,44H,15H2,1-7H3;2*1-2H3. The van der Waals surface area contributed by atoms with Gasteiger partial charge in [0.05, 0.1) is 11.7 Å². The van der Waals surface area contributed by atoms with Gasteiger partial charge in [-0.15, -0.1) is 0 Å². The molecule has 2 nitrogen and oxygen atoms in total. The van der Waals surface area contributed by atoms with Crippen LogP contribution in [0.1, 0.15) is 116 Å². The number of nitrogens with zero attached hydrogens (tertiary/aromatic N) is 1. The van der Waals surface area contributed by atoms with Crippen molar-refractivity contribution in [2.24, 2.45) is 10.9 Å². The fourth-order valence-corrected chi connectivity index (χ4v) is 8.58. The minimum Gasteiger partial charge on any atom is -0.381 e. The quantitative estimate of drug-likeness (QED) is 0.233. The second kappa shape index (κ2) is 12.4. The maximum atomic E-state index is 5.17. The molecular weight excluding hydrogens is 581 g/mol. The third kappa shape index (κ3) is 5.11. The van der Waals surface area contributed by atoms with Crippen LogP contribution >= 0.6 is 0 Å². The summed E-state index contributed by atoms with van der Waals surface area (Å²) < 4.78 is 0. The molecule has 0 saturated carbocycles. The van der Waals surface area contributed by atoms with Crippen LogP contribution in [0.3, 0.4) is 0 Å². The zero-order valence-corrected chi connectivity index (χ0v) is 31.0. The molecule has 0 saturated heterocycles. The smallest absolute Gasteiger partial charge is 0.0861 e. The summed E-state index contributed by atoms with van der Waals surface area (Å²) in [5, 5.41) is 6.46. The van der Waals surface area contributed by atoms with E-state index < -0.39 is 0 Å². The summed E-state index contributed by atoms with van der Waals surface area (Å²) in [7, 11) is 0. The van der Waals surface area contributed by atoms with Crippen LogP contribution in [0.4, 0.5) is 0 Å². The Morgan fingerprint density at radius 2 is 1.40 bits per heavy atom. The summed E-state index contributed by atoms with van der Waals surface area (Å²) in [6.45, 7) is 24.5. The first-order chi connectivity index (χ1) is 23.0. The van der Waals surface area contributed by atoms with Crippen molar-refractivity contribution in [1.29, 1.82) is 0 Å². The van der Waals surface area contributed by atoms with E-state index in [1.165, 1.54) is 60.9 Å². The lowest BCUT2D eigenvalue weighted by atomic mass is 9.68. The average Bonchev–Trinajstić information content (AvgIpc) is 3.34. The third-order valence-corrected chi connectivity index (χ3v) is 11.0. The number of allylic oxidation sites excluding steroid dienone is 3. The van der Waals surface area contributed by atoms with Gasteiger partial charge in [-0.3, -0.25) is 4.99 Å². The Morgan fingerprint density at radius 3 is 2.10 bits per heavy atom. The first-order valence-corrected chi connectivity index (χ1v) is 18.2. The molecule has 248 valence electrons. The van der Waals surface area contributed by atoms with E-state index in [1.807, 2.05) is 27.7 Å². The Labute approximate surface area is 289 Å². The van der Waals surface area contributed by atoms with Crippen molar-refractivity contribution in [3.05, 3.63) is 130 Å². The summed E-state index contributed by atoms with van der Waals surface area (Å²) >= 11 is 0. The van der Waals surface area contributed by atoms with Crippen LogP contribution in [0.15, 0.2) is 102 Å². The molecule has 4 aromatic carbocycles. The zero-order valence-electron chi connectivity index (χ0n) is 31.0. The molecule has 0 spiro atoms. The van der Waals surface area contributed by atoms with Crippen LogP contribution in [0.5, 0.6) is 0 Å². The van der Waals surface area contributed by atoms with Crippen molar-refractivity contribution in [1.82, 2.24) is 5.32 Å². The molecular formula is C46H54N2. The van der Waals surface area contributed by atoms with E-state index in [9.17, 15) is 0 Å². The minimum absolute atomic E-state index is 0.0276. The molecule has 1 N–H and O–H groups in total. The van der Waals surface area contributed by atoms with E-state index in [0.717, 1.165) is 12.1 Å². The number of rotatable bonds is 2. The lowest BCUT2D eigenvalue weighted by molar-refractivity contribution is 0.455. The van der Waals surface area contributed by atoms with Gasteiger partial charge >= 0.3 is 0 Å². The van der Waals surface area contributed by atoms with E-state index >= 15 is 0 Å². The zero-order chi connectivity index (χ0) is 34.6.